The maximum atomic E-state index is 6.29. The van der Waals surface area contributed by atoms with Crippen molar-refractivity contribution >= 4 is 17.3 Å². The van der Waals surface area contributed by atoms with E-state index in [2.05, 4.69) is 21.0 Å². The standard InChI is InChI=1S/C18H18ClN3O2/c19-15-4-1-2-5-16(15)22-9-7-21(8-10-22)13-14-12-18(24-20-14)17-6-3-11-23-17/h1-6,11-12H,7-10,13H2. The molecule has 5 nitrogen and oxygen atoms in total. The zero-order valence-electron chi connectivity index (χ0n) is 13.2. The van der Waals surface area contributed by atoms with Gasteiger partial charge in [-0.2, -0.15) is 0 Å². The third-order valence-electron chi connectivity index (χ3n) is 4.27. The van der Waals surface area contributed by atoms with Crippen molar-refractivity contribution in [3.8, 4) is 11.5 Å². The number of nitrogens with zero attached hydrogens (tertiary/aromatic N) is 3. The van der Waals surface area contributed by atoms with Crippen molar-refractivity contribution in [1.29, 1.82) is 0 Å². The minimum Gasteiger partial charge on any atom is -0.461 e. The van der Waals surface area contributed by atoms with E-state index in [-0.39, 0.29) is 0 Å². The SMILES string of the molecule is Clc1ccccc1N1CCN(Cc2cc(-c3ccco3)on2)CC1. The van der Waals surface area contributed by atoms with Crippen molar-refractivity contribution < 1.29 is 8.94 Å². The van der Waals surface area contributed by atoms with Gasteiger partial charge in [0.25, 0.3) is 0 Å². The molecule has 0 spiro atoms. The van der Waals surface area contributed by atoms with E-state index < -0.39 is 0 Å². The van der Waals surface area contributed by atoms with Gasteiger partial charge in [-0.25, -0.2) is 0 Å². The van der Waals surface area contributed by atoms with Gasteiger partial charge in [-0.15, -0.1) is 0 Å². The molecular weight excluding hydrogens is 326 g/mol. The number of rotatable bonds is 4. The summed E-state index contributed by atoms with van der Waals surface area (Å²) in [6.45, 7) is 4.61. The van der Waals surface area contributed by atoms with E-state index in [1.807, 2.05) is 36.4 Å². The Balaban J connectivity index is 1.36. The van der Waals surface area contributed by atoms with E-state index >= 15 is 0 Å². The molecule has 1 aliphatic heterocycles. The smallest absolute Gasteiger partial charge is 0.202 e. The number of piperazine rings is 1. The van der Waals surface area contributed by atoms with Crippen molar-refractivity contribution in [1.82, 2.24) is 10.1 Å². The lowest BCUT2D eigenvalue weighted by Crippen LogP contribution is -2.46. The fraction of sp³-hybridized carbons (Fsp3) is 0.278. The molecule has 6 heteroatoms. The number of para-hydroxylation sites is 1. The molecule has 24 heavy (non-hydrogen) atoms. The Bertz CT molecular complexity index is 792. The molecule has 0 radical (unpaired) electrons. The van der Waals surface area contributed by atoms with Gasteiger partial charge in [0.2, 0.25) is 5.76 Å². The van der Waals surface area contributed by atoms with Crippen LogP contribution < -0.4 is 4.90 Å². The summed E-state index contributed by atoms with van der Waals surface area (Å²) in [7, 11) is 0. The zero-order chi connectivity index (χ0) is 16.4. The minimum atomic E-state index is 0.671. The molecule has 1 aliphatic rings. The summed E-state index contributed by atoms with van der Waals surface area (Å²) in [5.74, 6) is 1.38. The number of furan rings is 1. The molecule has 1 saturated heterocycles. The summed E-state index contributed by atoms with van der Waals surface area (Å²) < 4.78 is 10.7. The van der Waals surface area contributed by atoms with Crippen LogP contribution in [0.4, 0.5) is 5.69 Å². The molecule has 0 saturated carbocycles. The van der Waals surface area contributed by atoms with Crippen LogP contribution in [0.15, 0.2) is 57.7 Å². The number of benzene rings is 1. The van der Waals surface area contributed by atoms with E-state index in [1.54, 1.807) is 6.26 Å². The first kappa shape index (κ1) is 15.3. The van der Waals surface area contributed by atoms with Crippen LogP contribution in [-0.2, 0) is 6.54 Å². The van der Waals surface area contributed by atoms with Crippen LogP contribution in [0.5, 0.6) is 0 Å². The summed E-state index contributed by atoms with van der Waals surface area (Å²) in [5, 5.41) is 4.96. The van der Waals surface area contributed by atoms with Gasteiger partial charge in [-0.05, 0) is 24.3 Å². The molecule has 1 fully saturated rings. The van der Waals surface area contributed by atoms with E-state index in [0.29, 0.717) is 11.5 Å². The molecule has 0 unspecified atom stereocenters. The lowest BCUT2D eigenvalue weighted by molar-refractivity contribution is 0.242. The lowest BCUT2D eigenvalue weighted by Gasteiger charge is -2.36. The summed E-state index contributed by atoms with van der Waals surface area (Å²) in [6.07, 6.45) is 1.63. The molecule has 3 heterocycles. The maximum Gasteiger partial charge on any atom is 0.202 e. The van der Waals surface area contributed by atoms with Gasteiger partial charge in [0.05, 0.1) is 22.7 Å². The van der Waals surface area contributed by atoms with Crippen LogP contribution in [0.25, 0.3) is 11.5 Å². The molecule has 0 amide bonds. The molecule has 0 atom stereocenters. The second-order valence-electron chi connectivity index (χ2n) is 5.87. The summed E-state index contributed by atoms with van der Waals surface area (Å²) in [5.41, 5.74) is 2.04. The van der Waals surface area contributed by atoms with Crippen molar-refractivity contribution in [3.05, 3.63) is 59.4 Å². The number of hydrogen-bond donors (Lipinski definition) is 0. The van der Waals surface area contributed by atoms with E-state index in [1.165, 1.54) is 0 Å². The van der Waals surface area contributed by atoms with Crippen LogP contribution in [0.1, 0.15) is 5.69 Å². The zero-order valence-corrected chi connectivity index (χ0v) is 13.9. The second kappa shape index (κ2) is 6.71. The van der Waals surface area contributed by atoms with Gasteiger partial charge < -0.3 is 13.8 Å². The van der Waals surface area contributed by atoms with Crippen LogP contribution in [0.3, 0.4) is 0 Å². The van der Waals surface area contributed by atoms with Gasteiger partial charge in [-0.1, -0.05) is 28.9 Å². The quantitative estimate of drug-likeness (QED) is 0.718. The first-order chi connectivity index (χ1) is 11.8. The number of halogens is 1. The third kappa shape index (κ3) is 3.18. The Morgan fingerprint density at radius 2 is 1.83 bits per heavy atom. The summed E-state index contributed by atoms with van der Waals surface area (Å²) >= 11 is 6.29. The monoisotopic (exact) mass is 343 g/mol. The van der Waals surface area contributed by atoms with E-state index in [0.717, 1.165) is 49.1 Å². The van der Waals surface area contributed by atoms with Crippen LogP contribution in [0.2, 0.25) is 5.02 Å². The normalized spacial score (nSPS) is 15.8. The average Bonchev–Trinajstić information content (AvgIpc) is 3.27. The van der Waals surface area contributed by atoms with Crippen LogP contribution >= 0.6 is 11.6 Å². The lowest BCUT2D eigenvalue weighted by atomic mass is 10.2. The highest BCUT2D eigenvalue weighted by Gasteiger charge is 2.20. The van der Waals surface area contributed by atoms with Gasteiger partial charge >= 0.3 is 0 Å². The van der Waals surface area contributed by atoms with Gasteiger partial charge in [0.1, 0.15) is 0 Å². The predicted octanol–water partition coefficient (Wildman–Crippen LogP) is 3.91. The van der Waals surface area contributed by atoms with E-state index in [4.69, 9.17) is 20.5 Å². The molecule has 0 aliphatic carbocycles. The highest BCUT2D eigenvalue weighted by Crippen LogP contribution is 2.26. The highest BCUT2D eigenvalue weighted by molar-refractivity contribution is 6.33. The Morgan fingerprint density at radius 1 is 1.00 bits per heavy atom. The first-order valence-corrected chi connectivity index (χ1v) is 8.39. The predicted molar refractivity (Wildman–Crippen MR) is 93.1 cm³/mol. The topological polar surface area (TPSA) is 45.7 Å². The second-order valence-corrected chi connectivity index (χ2v) is 6.28. The molecule has 0 N–H and O–H groups in total. The van der Waals surface area contributed by atoms with Crippen LogP contribution in [-0.4, -0.2) is 36.2 Å². The van der Waals surface area contributed by atoms with Gasteiger partial charge in [-0.3, -0.25) is 4.90 Å². The number of hydrogen-bond acceptors (Lipinski definition) is 5. The minimum absolute atomic E-state index is 0.671. The fourth-order valence-electron chi connectivity index (χ4n) is 3.01. The molecule has 2 aromatic heterocycles. The number of aromatic nitrogens is 1. The maximum absolute atomic E-state index is 6.29. The van der Waals surface area contributed by atoms with Crippen molar-refractivity contribution in [2.75, 3.05) is 31.1 Å². The summed E-state index contributed by atoms with van der Waals surface area (Å²) in [6, 6.07) is 13.7. The fourth-order valence-corrected chi connectivity index (χ4v) is 3.26. The molecule has 124 valence electrons. The summed E-state index contributed by atoms with van der Waals surface area (Å²) in [4.78, 5) is 4.70. The largest absolute Gasteiger partial charge is 0.461 e. The van der Waals surface area contributed by atoms with Crippen molar-refractivity contribution in [2.24, 2.45) is 0 Å². The Morgan fingerprint density at radius 3 is 2.58 bits per heavy atom. The van der Waals surface area contributed by atoms with Crippen LogP contribution in [0, 0.1) is 0 Å². The first-order valence-electron chi connectivity index (χ1n) is 8.01. The average molecular weight is 344 g/mol. The van der Waals surface area contributed by atoms with Gasteiger partial charge in [0, 0.05) is 38.8 Å². The van der Waals surface area contributed by atoms with Crippen molar-refractivity contribution in [2.45, 2.75) is 6.54 Å². The molecule has 0 bridgehead atoms. The Kier molecular flexibility index (Phi) is 4.28. The van der Waals surface area contributed by atoms with Gasteiger partial charge in [0.15, 0.2) is 5.76 Å². The molecule has 3 aromatic rings. The Labute approximate surface area is 145 Å². The highest BCUT2D eigenvalue weighted by atomic mass is 35.5. The molecule has 4 rings (SSSR count). The third-order valence-corrected chi connectivity index (χ3v) is 4.59. The van der Waals surface area contributed by atoms with E-state index in [9.17, 15) is 0 Å². The molecular formula is C18H18ClN3O2. The number of anilines is 1. The van der Waals surface area contributed by atoms with Crippen molar-refractivity contribution in [3.63, 3.8) is 0 Å². The molecule has 1 aromatic carbocycles. The Hall–Kier alpha value is -2.24.